The van der Waals surface area contributed by atoms with Crippen LogP contribution in [0.1, 0.15) is 15.9 Å². The standard InChI is InChI=1S/C18H18ClNO5/c1-23-15-5-3-4-14(17(15)24-2)18(22)25-11-16(21)20-10-12-6-8-13(19)9-7-12/h3-9H,10-11H2,1-2H3,(H,20,21). The minimum absolute atomic E-state index is 0.187. The zero-order chi connectivity index (χ0) is 18.2. The molecule has 25 heavy (non-hydrogen) atoms. The SMILES string of the molecule is COc1cccc(C(=O)OCC(=O)NCc2ccc(Cl)cc2)c1OC. The van der Waals surface area contributed by atoms with Crippen molar-refractivity contribution in [3.05, 3.63) is 58.6 Å². The molecular weight excluding hydrogens is 346 g/mol. The molecule has 6 nitrogen and oxygen atoms in total. The van der Waals surface area contributed by atoms with Gasteiger partial charge in [-0.05, 0) is 29.8 Å². The van der Waals surface area contributed by atoms with Gasteiger partial charge in [0.2, 0.25) is 0 Å². The maximum absolute atomic E-state index is 12.2. The number of rotatable bonds is 7. The van der Waals surface area contributed by atoms with Gasteiger partial charge in [0.15, 0.2) is 18.1 Å². The molecule has 0 spiro atoms. The summed E-state index contributed by atoms with van der Waals surface area (Å²) in [5, 5.41) is 3.28. The average Bonchev–Trinajstić information content (AvgIpc) is 2.64. The van der Waals surface area contributed by atoms with Crippen LogP contribution in [-0.4, -0.2) is 32.7 Å². The summed E-state index contributed by atoms with van der Waals surface area (Å²) < 4.78 is 15.3. The first-order valence-corrected chi connectivity index (χ1v) is 7.82. The number of methoxy groups -OCH3 is 2. The number of hydrogen-bond donors (Lipinski definition) is 1. The molecule has 0 saturated heterocycles. The van der Waals surface area contributed by atoms with Gasteiger partial charge in [-0.2, -0.15) is 0 Å². The molecule has 0 aliphatic carbocycles. The fourth-order valence-corrected chi connectivity index (χ4v) is 2.24. The van der Waals surface area contributed by atoms with E-state index in [-0.39, 0.29) is 11.3 Å². The van der Waals surface area contributed by atoms with Crippen molar-refractivity contribution in [3.8, 4) is 11.5 Å². The lowest BCUT2D eigenvalue weighted by atomic mass is 10.2. The topological polar surface area (TPSA) is 73.9 Å². The quantitative estimate of drug-likeness (QED) is 0.766. The lowest BCUT2D eigenvalue weighted by molar-refractivity contribution is -0.124. The van der Waals surface area contributed by atoms with E-state index < -0.39 is 18.5 Å². The summed E-state index contributed by atoms with van der Waals surface area (Å²) >= 11 is 5.80. The van der Waals surface area contributed by atoms with Crippen molar-refractivity contribution in [2.75, 3.05) is 20.8 Å². The Bertz CT molecular complexity index is 746. The zero-order valence-corrected chi connectivity index (χ0v) is 14.6. The van der Waals surface area contributed by atoms with Gasteiger partial charge in [-0.1, -0.05) is 29.8 Å². The number of ether oxygens (including phenoxy) is 3. The Morgan fingerprint density at radius 2 is 1.76 bits per heavy atom. The van der Waals surface area contributed by atoms with Gasteiger partial charge in [-0.15, -0.1) is 0 Å². The van der Waals surface area contributed by atoms with Crippen LogP contribution in [0.2, 0.25) is 5.02 Å². The number of benzene rings is 2. The molecule has 2 aromatic carbocycles. The molecule has 0 radical (unpaired) electrons. The van der Waals surface area contributed by atoms with Gasteiger partial charge < -0.3 is 19.5 Å². The van der Waals surface area contributed by atoms with Gasteiger partial charge in [0.05, 0.1) is 14.2 Å². The molecule has 132 valence electrons. The van der Waals surface area contributed by atoms with E-state index in [0.717, 1.165) is 5.56 Å². The van der Waals surface area contributed by atoms with Crippen LogP contribution in [0.25, 0.3) is 0 Å². The number of hydrogen-bond acceptors (Lipinski definition) is 5. The molecule has 0 saturated carbocycles. The molecule has 0 unspecified atom stereocenters. The van der Waals surface area contributed by atoms with E-state index in [1.807, 2.05) is 0 Å². The van der Waals surface area contributed by atoms with Crippen LogP contribution in [0.3, 0.4) is 0 Å². The maximum Gasteiger partial charge on any atom is 0.342 e. The summed E-state index contributed by atoms with van der Waals surface area (Å²) in [6, 6.07) is 11.9. The van der Waals surface area contributed by atoms with Gasteiger partial charge in [0, 0.05) is 11.6 Å². The minimum Gasteiger partial charge on any atom is -0.493 e. The fourth-order valence-electron chi connectivity index (χ4n) is 2.11. The number of esters is 1. The highest BCUT2D eigenvalue weighted by Gasteiger charge is 2.18. The largest absolute Gasteiger partial charge is 0.493 e. The van der Waals surface area contributed by atoms with E-state index in [9.17, 15) is 9.59 Å². The Balaban J connectivity index is 1.89. The number of halogens is 1. The Labute approximate surface area is 150 Å². The van der Waals surface area contributed by atoms with E-state index in [1.165, 1.54) is 20.3 Å². The number of carbonyl (C=O) groups is 2. The molecule has 0 atom stereocenters. The fraction of sp³-hybridized carbons (Fsp3) is 0.222. The molecule has 0 heterocycles. The third-order valence-corrected chi connectivity index (χ3v) is 3.61. The second-order valence-electron chi connectivity index (χ2n) is 5.02. The van der Waals surface area contributed by atoms with Crippen molar-refractivity contribution in [2.24, 2.45) is 0 Å². The molecule has 0 aliphatic heterocycles. The van der Waals surface area contributed by atoms with E-state index in [0.29, 0.717) is 17.3 Å². The molecule has 2 aromatic rings. The molecule has 0 aliphatic rings. The number of carbonyl (C=O) groups excluding carboxylic acids is 2. The number of para-hydroxylation sites is 1. The summed E-state index contributed by atoms with van der Waals surface area (Å²) in [4.78, 5) is 24.0. The maximum atomic E-state index is 12.2. The molecular formula is C18H18ClNO5. The van der Waals surface area contributed by atoms with Gasteiger partial charge in [-0.25, -0.2) is 4.79 Å². The normalized spacial score (nSPS) is 10.0. The molecule has 1 amide bonds. The minimum atomic E-state index is -0.669. The van der Waals surface area contributed by atoms with Crippen LogP contribution >= 0.6 is 11.6 Å². The van der Waals surface area contributed by atoms with Crippen LogP contribution in [0.4, 0.5) is 0 Å². The van der Waals surface area contributed by atoms with Crippen molar-refractivity contribution >= 4 is 23.5 Å². The van der Waals surface area contributed by atoms with Crippen molar-refractivity contribution in [3.63, 3.8) is 0 Å². The predicted octanol–water partition coefficient (Wildman–Crippen LogP) is 2.83. The van der Waals surface area contributed by atoms with Gasteiger partial charge in [0.1, 0.15) is 5.56 Å². The van der Waals surface area contributed by atoms with Crippen molar-refractivity contribution < 1.29 is 23.8 Å². The molecule has 0 bridgehead atoms. The van der Waals surface area contributed by atoms with Crippen LogP contribution < -0.4 is 14.8 Å². The molecule has 2 rings (SSSR count). The molecule has 7 heteroatoms. The first-order chi connectivity index (χ1) is 12.0. The smallest absolute Gasteiger partial charge is 0.342 e. The van der Waals surface area contributed by atoms with E-state index >= 15 is 0 Å². The Hall–Kier alpha value is -2.73. The Kier molecular flexibility index (Phi) is 6.65. The van der Waals surface area contributed by atoms with Gasteiger partial charge >= 0.3 is 5.97 Å². The highest BCUT2D eigenvalue weighted by Crippen LogP contribution is 2.31. The Morgan fingerprint density at radius 3 is 2.40 bits per heavy atom. The van der Waals surface area contributed by atoms with Crippen LogP contribution in [0.15, 0.2) is 42.5 Å². The Morgan fingerprint density at radius 1 is 1.04 bits per heavy atom. The van der Waals surface area contributed by atoms with Crippen LogP contribution in [0, 0.1) is 0 Å². The molecule has 1 N–H and O–H groups in total. The lowest BCUT2D eigenvalue weighted by Gasteiger charge is -2.12. The molecule has 0 fully saturated rings. The summed E-state index contributed by atoms with van der Waals surface area (Å²) in [6.45, 7) is -0.0805. The lowest BCUT2D eigenvalue weighted by Crippen LogP contribution is -2.28. The predicted molar refractivity (Wildman–Crippen MR) is 93.1 cm³/mol. The summed E-state index contributed by atoms with van der Waals surface area (Å²) in [5.74, 6) is -0.414. The monoisotopic (exact) mass is 363 g/mol. The number of amides is 1. The number of nitrogens with one attached hydrogen (secondary N) is 1. The summed E-state index contributed by atoms with van der Waals surface area (Å²) in [5.41, 5.74) is 1.07. The van der Waals surface area contributed by atoms with Gasteiger partial charge in [-0.3, -0.25) is 4.79 Å². The third-order valence-electron chi connectivity index (χ3n) is 3.36. The first kappa shape index (κ1) is 18.6. The van der Waals surface area contributed by atoms with Crippen molar-refractivity contribution in [1.82, 2.24) is 5.32 Å². The summed E-state index contributed by atoms with van der Waals surface area (Å²) in [6.07, 6.45) is 0. The second-order valence-corrected chi connectivity index (χ2v) is 5.46. The first-order valence-electron chi connectivity index (χ1n) is 7.44. The van der Waals surface area contributed by atoms with Gasteiger partial charge in [0.25, 0.3) is 5.91 Å². The third kappa shape index (κ3) is 5.12. The van der Waals surface area contributed by atoms with Crippen molar-refractivity contribution in [2.45, 2.75) is 6.54 Å². The molecule has 0 aromatic heterocycles. The summed E-state index contributed by atoms with van der Waals surface area (Å²) in [7, 11) is 2.89. The second kappa shape index (κ2) is 8.94. The van der Waals surface area contributed by atoms with Crippen LogP contribution in [-0.2, 0) is 16.1 Å². The van der Waals surface area contributed by atoms with E-state index in [2.05, 4.69) is 5.32 Å². The van der Waals surface area contributed by atoms with Crippen molar-refractivity contribution in [1.29, 1.82) is 0 Å². The van der Waals surface area contributed by atoms with E-state index in [1.54, 1.807) is 36.4 Å². The zero-order valence-electron chi connectivity index (χ0n) is 13.9. The highest BCUT2D eigenvalue weighted by atomic mass is 35.5. The highest BCUT2D eigenvalue weighted by molar-refractivity contribution is 6.30. The average molecular weight is 364 g/mol. The van der Waals surface area contributed by atoms with Crippen LogP contribution in [0.5, 0.6) is 11.5 Å². The van der Waals surface area contributed by atoms with E-state index in [4.69, 9.17) is 25.8 Å².